The standard InChI is InChI=1S/C14H28N2O2/c1-3-16(4-2)14(18)10-11-15-12-8-6-5-7-9-13(12)17/h12-13,15,17H,3-11H2,1-2H3. The Bertz CT molecular complexity index is 242. The van der Waals surface area contributed by atoms with E-state index in [-0.39, 0.29) is 18.1 Å². The number of carbonyl (C=O) groups excluding carboxylic acids is 1. The quantitative estimate of drug-likeness (QED) is 0.709. The van der Waals surface area contributed by atoms with Crippen LogP contribution in [0.1, 0.15) is 52.4 Å². The van der Waals surface area contributed by atoms with Gasteiger partial charge in [0.05, 0.1) is 6.10 Å². The number of carbonyl (C=O) groups is 1. The summed E-state index contributed by atoms with van der Waals surface area (Å²) in [6.45, 7) is 6.24. The monoisotopic (exact) mass is 256 g/mol. The molecule has 1 aliphatic carbocycles. The van der Waals surface area contributed by atoms with Gasteiger partial charge < -0.3 is 15.3 Å². The first kappa shape index (κ1) is 15.4. The molecule has 2 atom stereocenters. The van der Waals surface area contributed by atoms with E-state index in [0.29, 0.717) is 13.0 Å². The molecule has 0 spiro atoms. The number of aliphatic hydroxyl groups is 1. The molecule has 1 rings (SSSR count). The Labute approximate surface area is 111 Å². The van der Waals surface area contributed by atoms with Crippen LogP contribution in [0.5, 0.6) is 0 Å². The molecule has 18 heavy (non-hydrogen) atoms. The van der Waals surface area contributed by atoms with E-state index in [1.165, 1.54) is 12.8 Å². The molecule has 0 aromatic carbocycles. The molecule has 106 valence electrons. The topological polar surface area (TPSA) is 52.6 Å². The Morgan fingerprint density at radius 3 is 2.56 bits per heavy atom. The summed E-state index contributed by atoms with van der Waals surface area (Å²) in [7, 11) is 0. The van der Waals surface area contributed by atoms with Crippen LogP contribution in [-0.2, 0) is 4.79 Å². The molecule has 0 bridgehead atoms. The zero-order valence-electron chi connectivity index (χ0n) is 11.8. The molecular weight excluding hydrogens is 228 g/mol. The van der Waals surface area contributed by atoms with Gasteiger partial charge in [-0.25, -0.2) is 0 Å². The van der Waals surface area contributed by atoms with Crippen LogP contribution in [0.25, 0.3) is 0 Å². The Hall–Kier alpha value is -0.610. The second-order valence-corrected chi connectivity index (χ2v) is 5.08. The first-order valence-corrected chi connectivity index (χ1v) is 7.38. The molecule has 4 heteroatoms. The molecule has 1 aliphatic rings. The van der Waals surface area contributed by atoms with Gasteiger partial charge in [-0.1, -0.05) is 19.3 Å². The second-order valence-electron chi connectivity index (χ2n) is 5.08. The molecule has 4 nitrogen and oxygen atoms in total. The number of nitrogens with zero attached hydrogens (tertiary/aromatic N) is 1. The van der Waals surface area contributed by atoms with Crippen molar-refractivity contribution in [2.45, 2.75) is 64.5 Å². The number of hydrogen-bond acceptors (Lipinski definition) is 3. The second kappa shape index (κ2) is 8.48. The van der Waals surface area contributed by atoms with Crippen molar-refractivity contribution in [2.75, 3.05) is 19.6 Å². The lowest BCUT2D eigenvalue weighted by Gasteiger charge is -2.23. The summed E-state index contributed by atoms with van der Waals surface area (Å²) in [6, 6.07) is 0.178. The average molecular weight is 256 g/mol. The minimum atomic E-state index is -0.240. The molecule has 1 saturated carbocycles. The Balaban J connectivity index is 2.25. The summed E-state index contributed by atoms with van der Waals surface area (Å²) in [4.78, 5) is 13.7. The van der Waals surface area contributed by atoms with E-state index in [4.69, 9.17) is 0 Å². The van der Waals surface area contributed by atoms with Crippen molar-refractivity contribution in [1.29, 1.82) is 0 Å². The van der Waals surface area contributed by atoms with Crippen molar-refractivity contribution in [3.8, 4) is 0 Å². The van der Waals surface area contributed by atoms with Gasteiger partial charge in [0.25, 0.3) is 0 Å². The van der Waals surface area contributed by atoms with Gasteiger partial charge in [0, 0.05) is 32.1 Å². The van der Waals surface area contributed by atoms with Crippen LogP contribution in [0.4, 0.5) is 0 Å². The van der Waals surface area contributed by atoms with Crippen molar-refractivity contribution in [3.63, 3.8) is 0 Å². The molecule has 0 saturated heterocycles. The number of aliphatic hydroxyl groups excluding tert-OH is 1. The normalized spacial score (nSPS) is 24.6. The maximum Gasteiger partial charge on any atom is 0.223 e. The van der Waals surface area contributed by atoms with E-state index >= 15 is 0 Å². The zero-order chi connectivity index (χ0) is 13.4. The average Bonchev–Trinajstić information content (AvgIpc) is 2.56. The summed E-state index contributed by atoms with van der Waals surface area (Å²) in [5.41, 5.74) is 0. The van der Waals surface area contributed by atoms with Crippen LogP contribution in [0, 0.1) is 0 Å². The largest absolute Gasteiger partial charge is 0.392 e. The molecular formula is C14H28N2O2. The Kier molecular flexibility index (Phi) is 7.28. The van der Waals surface area contributed by atoms with Crippen molar-refractivity contribution in [2.24, 2.45) is 0 Å². The highest BCUT2D eigenvalue weighted by molar-refractivity contribution is 5.76. The van der Waals surface area contributed by atoms with Crippen molar-refractivity contribution in [3.05, 3.63) is 0 Å². The van der Waals surface area contributed by atoms with Crippen LogP contribution in [0.2, 0.25) is 0 Å². The molecule has 0 aromatic heterocycles. The number of nitrogens with one attached hydrogen (secondary N) is 1. The Morgan fingerprint density at radius 1 is 1.22 bits per heavy atom. The van der Waals surface area contributed by atoms with Gasteiger partial charge >= 0.3 is 0 Å². The number of hydrogen-bond donors (Lipinski definition) is 2. The maximum absolute atomic E-state index is 11.8. The molecule has 0 aliphatic heterocycles. The molecule has 1 amide bonds. The third-order valence-corrected chi connectivity index (χ3v) is 3.84. The molecule has 2 N–H and O–H groups in total. The maximum atomic E-state index is 11.8. The van der Waals surface area contributed by atoms with E-state index < -0.39 is 0 Å². The van der Waals surface area contributed by atoms with Gasteiger partial charge in [-0.15, -0.1) is 0 Å². The van der Waals surface area contributed by atoms with Crippen molar-refractivity contribution >= 4 is 5.91 Å². The summed E-state index contributed by atoms with van der Waals surface area (Å²) < 4.78 is 0. The molecule has 0 heterocycles. The Morgan fingerprint density at radius 2 is 1.89 bits per heavy atom. The highest BCUT2D eigenvalue weighted by atomic mass is 16.3. The lowest BCUT2D eigenvalue weighted by Crippen LogP contribution is -2.41. The SMILES string of the molecule is CCN(CC)C(=O)CCNC1CCCCCC1O. The molecule has 1 fully saturated rings. The highest BCUT2D eigenvalue weighted by Crippen LogP contribution is 2.17. The smallest absolute Gasteiger partial charge is 0.223 e. The number of amides is 1. The first-order valence-electron chi connectivity index (χ1n) is 7.38. The third-order valence-electron chi connectivity index (χ3n) is 3.84. The fraction of sp³-hybridized carbons (Fsp3) is 0.929. The summed E-state index contributed by atoms with van der Waals surface area (Å²) in [5, 5.41) is 13.3. The minimum absolute atomic E-state index is 0.178. The van der Waals surface area contributed by atoms with Gasteiger partial charge in [0.1, 0.15) is 0 Å². The fourth-order valence-electron chi connectivity index (χ4n) is 2.63. The predicted octanol–water partition coefficient (Wildman–Crippen LogP) is 1.53. The van der Waals surface area contributed by atoms with Gasteiger partial charge in [0.2, 0.25) is 5.91 Å². The summed E-state index contributed by atoms with van der Waals surface area (Å²) in [6.07, 6.45) is 5.73. The van der Waals surface area contributed by atoms with Crippen molar-refractivity contribution < 1.29 is 9.90 Å². The van der Waals surface area contributed by atoms with E-state index in [2.05, 4.69) is 5.32 Å². The van der Waals surface area contributed by atoms with E-state index in [0.717, 1.165) is 32.4 Å². The summed E-state index contributed by atoms with van der Waals surface area (Å²) in [5.74, 6) is 0.204. The number of rotatable bonds is 6. The molecule has 0 radical (unpaired) electrons. The van der Waals surface area contributed by atoms with Crippen LogP contribution in [0.3, 0.4) is 0 Å². The highest BCUT2D eigenvalue weighted by Gasteiger charge is 2.21. The van der Waals surface area contributed by atoms with Crippen LogP contribution < -0.4 is 5.32 Å². The van der Waals surface area contributed by atoms with E-state index in [1.807, 2.05) is 18.7 Å². The summed E-state index contributed by atoms with van der Waals surface area (Å²) >= 11 is 0. The van der Waals surface area contributed by atoms with Crippen LogP contribution in [-0.4, -0.2) is 47.7 Å². The third kappa shape index (κ3) is 4.94. The van der Waals surface area contributed by atoms with Crippen molar-refractivity contribution in [1.82, 2.24) is 10.2 Å². The lowest BCUT2D eigenvalue weighted by atomic mass is 10.1. The molecule has 2 unspecified atom stereocenters. The van der Waals surface area contributed by atoms with Gasteiger partial charge in [-0.05, 0) is 26.7 Å². The zero-order valence-corrected chi connectivity index (χ0v) is 11.8. The van der Waals surface area contributed by atoms with E-state index in [9.17, 15) is 9.90 Å². The van der Waals surface area contributed by atoms with Crippen LogP contribution in [0.15, 0.2) is 0 Å². The van der Waals surface area contributed by atoms with Gasteiger partial charge in [-0.3, -0.25) is 4.79 Å². The lowest BCUT2D eigenvalue weighted by molar-refractivity contribution is -0.130. The van der Waals surface area contributed by atoms with Crippen LogP contribution >= 0.6 is 0 Å². The van der Waals surface area contributed by atoms with E-state index in [1.54, 1.807) is 0 Å². The fourth-order valence-corrected chi connectivity index (χ4v) is 2.63. The first-order chi connectivity index (χ1) is 8.69. The minimum Gasteiger partial charge on any atom is -0.392 e. The molecule has 0 aromatic rings. The van der Waals surface area contributed by atoms with Gasteiger partial charge in [-0.2, -0.15) is 0 Å². The predicted molar refractivity (Wildman–Crippen MR) is 73.4 cm³/mol. The van der Waals surface area contributed by atoms with Gasteiger partial charge in [0.15, 0.2) is 0 Å².